The molecule has 0 aliphatic heterocycles. The summed E-state index contributed by atoms with van der Waals surface area (Å²) in [5.41, 5.74) is 0. The van der Waals surface area contributed by atoms with Crippen LogP contribution >= 0.6 is 0 Å². The molecule has 0 fully saturated rings. The summed E-state index contributed by atoms with van der Waals surface area (Å²) < 4.78 is 0. The molecule has 0 saturated carbocycles. The molecular formula is C10H21N. The van der Waals surface area contributed by atoms with Crippen molar-refractivity contribution in [3.8, 4) is 0 Å². The van der Waals surface area contributed by atoms with Gasteiger partial charge in [0, 0.05) is 6.04 Å². The molecule has 2 unspecified atom stereocenters. The Hall–Kier alpha value is -0.300. The summed E-state index contributed by atoms with van der Waals surface area (Å²) in [7, 11) is 2.02. The van der Waals surface area contributed by atoms with Crippen LogP contribution < -0.4 is 5.32 Å². The first-order chi connectivity index (χ1) is 5.20. The van der Waals surface area contributed by atoms with E-state index in [9.17, 15) is 0 Å². The summed E-state index contributed by atoms with van der Waals surface area (Å²) in [4.78, 5) is 0. The second-order valence-corrected chi connectivity index (χ2v) is 3.33. The number of hydrogen-bond acceptors (Lipinski definition) is 1. The van der Waals surface area contributed by atoms with E-state index in [-0.39, 0.29) is 0 Å². The SMILES string of the molecule is C=CC(C)CCCC(C)NC. The Labute approximate surface area is 70.9 Å². The molecule has 1 nitrogen and oxygen atoms in total. The van der Waals surface area contributed by atoms with Crippen molar-refractivity contribution >= 4 is 0 Å². The minimum Gasteiger partial charge on any atom is -0.317 e. The Balaban J connectivity index is 3.19. The van der Waals surface area contributed by atoms with Gasteiger partial charge in [-0.15, -0.1) is 6.58 Å². The fraction of sp³-hybridized carbons (Fsp3) is 0.800. The molecule has 2 atom stereocenters. The Morgan fingerprint density at radius 2 is 2.00 bits per heavy atom. The van der Waals surface area contributed by atoms with E-state index in [0.717, 1.165) is 0 Å². The molecule has 0 spiro atoms. The van der Waals surface area contributed by atoms with Crippen molar-refractivity contribution in [2.75, 3.05) is 7.05 Å². The fourth-order valence-corrected chi connectivity index (χ4v) is 1.01. The van der Waals surface area contributed by atoms with Gasteiger partial charge >= 0.3 is 0 Å². The maximum Gasteiger partial charge on any atom is 0.00357 e. The van der Waals surface area contributed by atoms with E-state index in [1.54, 1.807) is 0 Å². The Morgan fingerprint density at radius 1 is 1.36 bits per heavy atom. The van der Waals surface area contributed by atoms with Crippen molar-refractivity contribution in [3.05, 3.63) is 12.7 Å². The first-order valence-corrected chi connectivity index (χ1v) is 4.50. The van der Waals surface area contributed by atoms with Gasteiger partial charge in [-0.1, -0.05) is 19.4 Å². The molecule has 0 aromatic carbocycles. The van der Waals surface area contributed by atoms with Crippen molar-refractivity contribution < 1.29 is 0 Å². The Kier molecular flexibility index (Phi) is 6.24. The van der Waals surface area contributed by atoms with Crippen LogP contribution in [0.4, 0.5) is 0 Å². The van der Waals surface area contributed by atoms with Crippen molar-refractivity contribution in [1.29, 1.82) is 0 Å². The minimum absolute atomic E-state index is 0.659. The van der Waals surface area contributed by atoms with E-state index in [1.165, 1.54) is 19.3 Å². The van der Waals surface area contributed by atoms with E-state index in [2.05, 4.69) is 25.7 Å². The van der Waals surface area contributed by atoms with E-state index < -0.39 is 0 Å². The van der Waals surface area contributed by atoms with Crippen LogP contribution in [0.5, 0.6) is 0 Å². The normalized spacial score (nSPS) is 15.9. The lowest BCUT2D eigenvalue weighted by atomic mass is 10.0. The fourth-order valence-electron chi connectivity index (χ4n) is 1.01. The van der Waals surface area contributed by atoms with Gasteiger partial charge in [0.05, 0.1) is 0 Å². The molecule has 0 aromatic rings. The van der Waals surface area contributed by atoms with Crippen molar-refractivity contribution in [2.24, 2.45) is 5.92 Å². The highest BCUT2D eigenvalue weighted by Gasteiger charge is 1.99. The van der Waals surface area contributed by atoms with Gasteiger partial charge in [-0.2, -0.15) is 0 Å². The summed E-state index contributed by atoms with van der Waals surface area (Å²) in [6, 6.07) is 0.659. The van der Waals surface area contributed by atoms with E-state index in [4.69, 9.17) is 0 Å². The average Bonchev–Trinajstić information content (AvgIpc) is 2.04. The third-order valence-electron chi connectivity index (χ3n) is 2.19. The van der Waals surface area contributed by atoms with Gasteiger partial charge < -0.3 is 5.32 Å². The second-order valence-electron chi connectivity index (χ2n) is 3.33. The van der Waals surface area contributed by atoms with Crippen molar-refractivity contribution in [1.82, 2.24) is 5.32 Å². The van der Waals surface area contributed by atoms with Gasteiger partial charge in [0.2, 0.25) is 0 Å². The summed E-state index contributed by atoms with van der Waals surface area (Å²) in [6.07, 6.45) is 5.88. The molecule has 0 rings (SSSR count). The van der Waals surface area contributed by atoms with Gasteiger partial charge in [0.25, 0.3) is 0 Å². The zero-order chi connectivity index (χ0) is 8.69. The summed E-state index contributed by atoms with van der Waals surface area (Å²) in [5.74, 6) is 0.680. The highest BCUT2D eigenvalue weighted by Crippen LogP contribution is 2.09. The highest BCUT2D eigenvalue weighted by molar-refractivity contribution is 4.75. The molecule has 1 heteroatoms. The third kappa shape index (κ3) is 6.11. The number of allylic oxidation sites excluding steroid dienone is 1. The van der Waals surface area contributed by atoms with Crippen LogP contribution in [-0.2, 0) is 0 Å². The monoisotopic (exact) mass is 155 g/mol. The van der Waals surface area contributed by atoms with Gasteiger partial charge in [-0.05, 0) is 32.7 Å². The minimum atomic E-state index is 0.659. The molecule has 0 aromatic heterocycles. The lowest BCUT2D eigenvalue weighted by molar-refractivity contribution is 0.499. The average molecular weight is 155 g/mol. The predicted octanol–water partition coefficient (Wildman–Crippen LogP) is 2.59. The van der Waals surface area contributed by atoms with Gasteiger partial charge in [0.15, 0.2) is 0 Å². The van der Waals surface area contributed by atoms with Crippen LogP contribution in [0.1, 0.15) is 33.1 Å². The lowest BCUT2D eigenvalue weighted by Crippen LogP contribution is -2.20. The molecule has 0 saturated heterocycles. The molecular weight excluding hydrogens is 134 g/mol. The molecule has 0 heterocycles. The van der Waals surface area contributed by atoms with Crippen LogP contribution in [0.3, 0.4) is 0 Å². The van der Waals surface area contributed by atoms with Crippen LogP contribution in [0.2, 0.25) is 0 Å². The first kappa shape index (κ1) is 10.7. The van der Waals surface area contributed by atoms with Gasteiger partial charge in [0.1, 0.15) is 0 Å². The zero-order valence-electron chi connectivity index (χ0n) is 8.06. The third-order valence-corrected chi connectivity index (χ3v) is 2.19. The van der Waals surface area contributed by atoms with Gasteiger partial charge in [-0.3, -0.25) is 0 Å². The molecule has 0 aliphatic rings. The first-order valence-electron chi connectivity index (χ1n) is 4.50. The van der Waals surface area contributed by atoms with Crippen LogP contribution in [0.15, 0.2) is 12.7 Å². The zero-order valence-corrected chi connectivity index (χ0v) is 8.06. The number of hydrogen-bond donors (Lipinski definition) is 1. The second kappa shape index (κ2) is 6.41. The maximum absolute atomic E-state index is 3.76. The Bertz CT molecular complexity index is 99.0. The summed E-state index contributed by atoms with van der Waals surface area (Å²) >= 11 is 0. The summed E-state index contributed by atoms with van der Waals surface area (Å²) in [5, 5.41) is 3.23. The van der Waals surface area contributed by atoms with E-state index in [1.807, 2.05) is 13.1 Å². The lowest BCUT2D eigenvalue weighted by Gasteiger charge is -2.10. The standard InChI is InChI=1S/C10H21N/c1-5-9(2)7-6-8-10(3)11-4/h5,9-11H,1,6-8H2,2-4H3. The van der Waals surface area contributed by atoms with Crippen molar-refractivity contribution in [3.63, 3.8) is 0 Å². The van der Waals surface area contributed by atoms with Gasteiger partial charge in [-0.25, -0.2) is 0 Å². The molecule has 0 radical (unpaired) electrons. The van der Waals surface area contributed by atoms with Crippen molar-refractivity contribution in [2.45, 2.75) is 39.2 Å². The molecule has 11 heavy (non-hydrogen) atoms. The smallest absolute Gasteiger partial charge is 0.00357 e. The molecule has 0 bridgehead atoms. The number of rotatable bonds is 6. The van der Waals surface area contributed by atoms with E-state index in [0.29, 0.717) is 12.0 Å². The largest absolute Gasteiger partial charge is 0.317 e. The highest BCUT2D eigenvalue weighted by atomic mass is 14.8. The Morgan fingerprint density at radius 3 is 2.45 bits per heavy atom. The number of nitrogens with one attached hydrogen (secondary N) is 1. The van der Waals surface area contributed by atoms with Crippen LogP contribution in [-0.4, -0.2) is 13.1 Å². The summed E-state index contributed by atoms with van der Waals surface area (Å²) in [6.45, 7) is 8.20. The van der Waals surface area contributed by atoms with Crippen LogP contribution in [0.25, 0.3) is 0 Å². The van der Waals surface area contributed by atoms with E-state index >= 15 is 0 Å². The molecule has 66 valence electrons. The topological polar surface area (TPSA) is 12.0 Å². The predicted molar refractivity (Wildman–Crippen MR) is 51.7 cm³/mol. The quantitative estimate of drug-likeness (QED) is 0.581. The molecule has 0 amide bonds. The molecule has 1 N–H and O–H groups in total. The maximum atomic E-state index is 3.76. The van der Waals surface area contributed by atoms with Crippen LogP contribution in [0, 0.1) is 5.92 Å². The molecule has 0 aliphatic carbocycles.